The number of hydrogen-bond acceptors (Lipinski definition) is 4. The maximum Gasteiger partial charge on any atom is 0.337 e. The van der Waals surface area contributed by atoms with Crippen LogP contribution in [-0.2, 0) is 9.59 Å². The molecular weight excluding hydrogens is 262 g/mol. The number of aromatic nitrogens is 2. The second-order valence-corrected chi connectivity index (χ2v) is 4.64. The lowest BCUT2D eigenvalue weighted by molar-refractivity contribution is -0.134. The SMILES string of the molecule is O=C1CCC(c2ncc3ccc(C(=O)O)cn23)C(=O)N1. The lowest BCUT2D eigenvalue weighted by atomic mass is 9.97. The summed E-state index contributed by atoms with van der Waals surface area (Å²) in [5, 5.41) is 11.3. The Hall–Kier alpha value is -2.70. The number of imidazole rings is 1. The molecule has 3 heterocycles. The Kier molecular flexibility index (Phi) is 2.74. The number of carboxylic acid groups (broad SMARTS) is 1. The van der Waals surface area contributed by atoms with E-state index in [4.69, 9.17) is 5.11 Å². The van der Waals surface area contributed by atoms with Gasteiger partial charge in [0.05, 0.1) is 23.2 Å². The molecule has 1 fully saturated rings. The van der Waals surface area contributed by atoms with Gasteiger partial charge in [-0.25, -0.2) is 9.78 Å². The molecule has 1 aliphatic heterocycles. The van der Waals surface area contributed by atoms with E-state index < -0.39 is 17.8 Å². The topological polar surface area (TPSA) is 101 Å². The van der Waals surface area contributed by atoms with Crippen LogP contribution in [0.25, 0.3) is 5.52 Å². The summed E-state index contributed by atoms with van der Waals surface area (Å²) in [6.45, 7) is 0. The summed E-state index contributed by atoms with van der Waals surface area (Å²) >= 11 is 0. The molecule has 20 heavy (non-hydrogen) atoms. The van der Waals surface area contributed by atoms with Gasteiger partial charge in [0.2, 0.25) is 11.8 Å². The largest absolute Gasteiger partial charge is 0.478 e. The van der Waals surface area contributed by atoms with Crippen LogP contribution in [0, 0.1) is 0 Å². The van der Waals surface area contributed by atoms with Gasteiger partial charge in [-0.05, 0) is 18.6 Å². The molecule has 0 radical (unpaired) electrons. The van der Waals surface area contributed by atoms with Crippen LogP contribution in [0.2, 0.25) is 0 Å². The van der Waals surface area contributed by atoms with Crippen LogP contribution < -0.4 is 5.32 Å². The molecule has 0 aliphatic carbocycles. The van der Waals surface area contributed by atoms with Gasteiger partial charge >= 0.3 is 5.97 Å². The number of nitrogens with zero attached hydrogens (tertiary/aromatic N) is 2. The first-order chi connectivity index (χ1) is 9.56. The fraction of sp³-hybridized carbons (Fsp3) is 0.231. The van der Waals surface area contributed by atoms with Gasteiger partial charge in [0, 0.05) is 12.6 Å². The van der Waals surface area contributed by atoms with E-state index >= 15 is 0 Å². The summed E-state index contributed by atoms with van der Waals surface area (Å²) in [5.41, 5.74) is 0.818. The van der Waals surface area contributed by atoms with Crippen LogP contribution in [0.15, 0.2) is 24.5 Å². The molecule has 3 rings (SSSR count). The Morgan fingerprint density at radius 2 is 2.20 bits per heavy atom. The second kappa shape index (κ2) is 4.44. The number of nitrogens with one attached hydrogen (secondary N) is 1. The van der Waals surface area contributed by atoms with Crippen molar-refractivity contribution in [3.63, 3.8) is 0 Å². The average Bonchev–Trinajstić information content (AvgIpc) is 2.81. The maximum atomic E-state index is 11.9. The molecule has 2 aromatic heterocycles. The molecule has 0 saturated carbocycles. The van der Waals surface area contributed by atoms with Crippen molar-refractivity contribution in [2.75, 3.05) is 0 Å². The predicted molar refractivity (Wildman–Crippen MR) is 67.3 cm³/mol. The number of fused-ring (bicyclic) bond motifs is 1. The molecule has 7 nitrogen and oxygen atoms in total. The van der Waals surface area contributed by atoms with E-state index in [1.54, 1.807) is 16.7 Å². The number of piperidine rings is 1. The van der Waals surface area contributed by atoms with Gasteiger partial charge in [-0.3, -0.25) is 14.9 Å². The lowest BCUT2D eigenvalue weighted by Crippen LogP contribution is -2.40. The number of pyridine rings is 1. The van der Waals surface area contributed by atoms with E-state index in [1.807, 2.05) is 0 Å². The van der Waals surface area contributed by atoms with Crippen LogP contribution in [0.1, 0.15) is 34.9 Å². The standard InChI is InChI=1S/C13H11N3O4/c17-10-4-3-9(12(18)15-10)11-14-5-8-2-1-7(13(19)20)6-16(8)11/h1-2,5-6,9H,3-4H2,(H,19,20)(H,15,17,18). The summed E-state index contributed by atoms with van der Waals surface area (Å²) in [7, 11) is 0. The number of aromatic carboxylic acids is 1. The zero-order valence-electron chi connectivity index (χ0n) is 10.4. The van der Waals surface area contributed by atoms with Crippen LogP contribution >= 0.6 is 0 Å². The number of imide groups is 1. The van der Waals surface area contributed by atoms with E-state index in [-0.39, 0.29) is 17.9 Å². The maximum absolute atomic E-state index is 11.9. The summed E-state index contributed by atoms with van der Waals surface area (Å²) in [6, 6.07) is 3.11. The highest BCUT2D eigenvalue weighted by atomic mass is 16.4. The smallest absolute Gasteiger partial charge is 0.337 e. The van der Waals surface area contributed by atoms with Gasteiger partial charge in [0.25, 0.3) is 0 Å². The van der Waals surface area contributed by atoms with Crippen molar-refractivity contribution in [1.29, 1.82) is 0 Å². The number of amides is 2. The third-order valence-corrected chi connectivity index (χ3v) is 3.35. The highest BCUT2D eigenvalue weighted by Gasteiger charge is 2.31. The fourth-order valence-electron chi connectivity index (χ4n) is 2.33. The van der Waals surface area contributed by atoms with Crippen molar-refractivity contribution < 1.29 is 19.5 Å². The Morgan fingerprint density at radius 1 is 1.40 bits per heavy atom. The molecule has 1 unspecified atom stereocenters. The molecule has 1 saturated heterocycles. The Morgan fingerprint density at radius 3 is 2.90 bits per heavy atom. The van der Waals surface area contributed by atoms with Crippen molar-refractivity contribution in [1.82, 2.24) is 14.7 Å². The number of rotatable bonds is 2. The molecule has 0 aromatic carbocycles. The molecule has 1 aliphatic rings. The van der Waals surface area contributed by atoms with Crippen LogP contribution in [-0.4, -0.2) is 32.3 Å². The Bertz CT molecular complexity index is 734. The van der Waals surface area contributed by atoms with Gasteiger partial charge in [0.1, 0.15) is 5.82 Å². The minimum atomic E-state index is -1.05. The van der Waals surface area contributed by atoms with E-state index in [9.17, 15) is 14.4 Å². The van der Waals surface area contributed by atoms with Gasteiger partial charge in [-0.1, -0.05) is 0 Å². The van der Waals surface area contributed by atoms with Gasteiger partial charge < -0.3 is 9.51 Å². The monoisotopic (exact) mass is 273 g/mol. The Labute approximate surface area is 113 Å². The van der Waals surface area contributed by atoms with Gasteiger partial charge in [-0.2, -0.15) is 0 Å². The van der Waals surface area contributed by atoms with Crippen LogP contribution in [0.3, 0.4) is 0 Å². The number of carboxylic acids is 1. The first-order valence-electron chi connectivity index (χ1n) is 6.10. The average molecular weight is 273 g/mol. The lowest BCUT2D eigenvalue weighted by Gasteiger charge is -2.19. The molecule has 2 aromatic rings. The summed E-state index contributed by atoms with van der Waals surface area (Å²) < 4.78 is 1.59. The fourth-order valence-corrected chi connectivity index (χ4v) is 2.33. The van der Waals surface area contributed by atoms with Crippen molar-refractivity contribution in [2.45, 2.75) is 18.8 Å². The van der Waals surface area contributed by atoms with Crippen molar-refractivity contribution in [2.24, 2.45) is 0 Å². The number of hydrogen-bond donors (Lipinski definition) is 2. The first-order valence-corrected chi connectivity index (χ1v) is 6.10. The quantitative estimate of drug-likeness (QED) is 0.778. The summed E-state index contributed by atoms with van der Waals surface area (Å²) in [6.07, 6.45) is 3.64. The van der Waals surface area contributed by atoms with Crippen LogP contribution in [0.4, 0.5) is 0 Å². The minimum Gasteiger partial charge on any atom is -0.478 e. The molecule has 2 amide bonds. The van der Waals surface area contributed by atoms with Crippen molar-refractivity contribution in [3.05, 3.63) is 35.9 Å². The minimum absolute atomic E-state index is 0.115. The van der Waals surface area contributed by atoms with Crippen LogP contribution in [0.5, 0.6) is 0 Å². The third kappa shape index (κ3) is 1.93. The molecule has 0 spiro atoms. The first kappa shape index (κ1) is 12.3. The van der Waals surface area contributed by atoms with E-state index in [2.05, 4.69) is 10.3 Å². The van der Waals surface area contributed by atoms with E-state index in [1.165, 1.54) is 12.3 Å². The second-order valence-electron chi connectivity index (χ2n) is 4.64. The zero-order valence-corrected chi connectivity index (χ0v) is 10.4. The molecule has 102 valence electrons. The van der Waals surface area contributed by atoms with Gasteiger partial charge in [-0.15, -0.1) is 0 Å². The predicted octanol–water partition coefficient (Wildman–Crippen LogP) is 0.553. The highest BCUT2D eigenvalue weighted by molar-refractivity contribution is 6.00. The number of carbonyl (C=O) groups excluding carboxylic acids is 2. The molecule has 0 bridgehead atoms. The highest BCUT2D eigenvalue weighted by Crippen LogP contribution is 2.24. The van der Waals surface area contributed by atoms with Crippen molar-refractivity contribution in [3.8, 4) is 0 Å². The molecular formula is C13H11N3O4. The Balaban J connectivity index is 2.07. The normalized spacial score (nSPS) is 19.1. The zero-order chi connectivity index (χ0) is 14.3. The number of carbonyl (C=O) groups is 3. The molecule has 7 heteroatoms. The van der Waals surface area contributed by atoms with Crippen molar-refractivity contribution >= 4 is 23.3 Å². The summed E-state index contributed by atoms with van der Waals surface area (Å²) in [4.78, 5) is 38.2. The molecule has 2 N–H and O–H groups in total. The van der Waals surface area contributed by atoms with Gasteiger partial charge in [0.15, 0.2) is 0 Å². The van der Waals surface area contributed by atoms with E-state index in [0.717, 1.165) is 0 Å². The molecule has 1 atom stereocenters. The van der Waals surface area contributed by atoms with E-state index in [0.29, 0.717) is 17.8 Å². The third-order valence-electron chi connectivity index (χ3n) is 3.35. The summed E-state index contributed by atoms with van der Waals surface area (Å²) in [5.74, 6) is -1.82.